The van der Waals surface area contributed by atoms with Crippen LogP contribution >= 0.6 is 0 Å². The van der Waals surface area contributed by atoms with Crippen LogP contribution in [0.1, 0.15) is 16.2 Å². The van der Waals surface area contributed by atoms with Crippen molar-refractivity contribution in [1.29, 1.82) is 0 Å². The second-order valence-corrected chi connectivity index (χ2v) is 8.25. The highest BCUT2D eigenvalue weighted by molar-refractivity contribution is 5.94. The van der Waals surface area contributed by atoms with E-state index in [-0.39, 0.29) is 5.91 Å². The van der Waals surface area contributed by atoms with Crippen LogP contribution in [0.15, 0.2) is 83.4 Å². The molecule has 1 amide bonds. The Hall–Kier alpha value is -4.17. The summed E-state index contributed by atoms with van der Waals surface area (Å²) in [5.41, 5.74) is 1.49. The van der Waals surface area contributed by atoms with Gasteiger partial charge >= 0.3 is 0 Å². The normalized spacial score (nSPS) is 14.0. The maximum absolute atomic E-state index is 13.1. The minimum Gasteiger partial charge on any atom is -0.497 e. The van der Waals surface area contributed by atoms with E-state index in [1.807, 2.05) is 77.7 Å². The van der Waals surface area contributed by atoms with Gasteiger partial charge in [-0.2, -0.15) is 4.98 Å². The van der Waals surface area contributed by atoms with Crippen molar-refractivity contribution in [3.05, 3.63) is 90.3 Å². The van der Waals surface area contributed by atoms with E-state index in [1.165, 1.54) is 0 Å². The minimum atomic E-state index is 0.00254. The molecular formula is C27H26N4O4. The first-order chi connectivity index (χ1) is 17.2. The summed E-state index contributed by atoms with van der Waals surface area (Å²) in [6, 6.07) is 24.4. The second-order valence-electron chi connectivity index (χ2n) is 8.25. The number of ether oxygens (including phenoxy) is 2. The summed E-state index contributed by atoms with van der Waals surface area (Å²) in [7, 11) is 1.63. The van der Waals surface area contributed by atoms with Gasteiger partial charge in [0.05, 0.1) is 13.7 Å². The van der Waals surface area contributed by atoms with Crippen molar-refractivity contribution >= 4 is 5.91 Å². The van der Waals surface area contributed by atoms with Gasteiger partial charge in [-0.05, 0) is 54.6 Å². The molecular weight excluding hydrogens is 444 g/mol. The number of carbonyl (C=O) groups is 1. The topological polar surface area (TPSA) is 80.9 Å². The molecule has 0 spiro atoms. The van der Waals surface area contributed by atoms with Gasteiger partial charge in [0.25, 0.3) is 5.91 Å². The van der Waals surface area contributed by atoms with Crippen LogP contribution in [0.4, 0.5) is 0 Å². The highest BCUT2D eigenvalue weighted by Gasteiger charge is 2.24. The Balaban J connectivity index is 1.15. The molecule has 5 rings (SSSR count). The van der Waals surface area contributed by atoms with E-state index < -0.39 is 0 Å². The standard InChI is InChI=1S/C27H26N4O4/c1-33-22-12-10-20(11-13-22)26-28-25(35-29-26)19-30-14-16-31(17-15-30)27(32)21-6-5-9-24(18-21)34-23-7-3-2-4-8-23/h2-13,18H,14-17,19H2,1H3. The van der Waals surface area contributed by atoms with Crippen molar-refractivity contribution in [2.45, 2.75) is 6.54 Å². The second kappa shape index (κ2) is 10.4. The molecule has 0 radical (unpaired) electrons. The number of aromatic nitrogens is 2. The maximum Gasteiger partial charge on any atom is 0.254 e. The summed E-state index contributed by atoms with van der Waals surface area (Å²) >= 11 is 0. The fourth-order valence-corrected chi connectivity index (χ4v) is 3.98. The number of hydrogen-bond donors (Lipinski definition) is 0. The van der Waals surface area contributed by atoms with Crippen molar-refractivity contribution in [3.8, 4) is 28.6 Å². The number of rotatable bonds is 7. The first-order valence-electron chi connectivity index (χ1n) is 11.5. The van der Waals surface area contributed by atoms with Gasteiger partial charge in [-0.25, -0.2) is 0 Å². The van der Waals surface area contributed by atoms with E-state index in [9.17, 15) is 4.79 Å². The smallest absolute Gasteiger partial charge is 0.254 e. The van der Waals surface area contributed by atoms with Gasteiger partial charge in [-0.15, -0.1) is 0 Å². The lowest BCUT2D eigenvalue weighted by Gasteiger charge is -2.34. The number of carbonyl (C=O) groups excluding carboxylic acids is 1. The lowest BCUT2D eigenvalue weighted by Crippen LogP contribution is -2.48. The largest absolute Gasteiger partial charge is 0.497 e. The third-order valence-corrected chi connectivity index (χ3v) is 5.89. The third-order valence-electron chi connectivity index (χ3n) is 5.89. The molecule has 2 heterocycles. The Bertz CT molecular complexity index is 1270. The summed E-state index contributed by atoms with van der Waals surface area (Å²) in [5, 5.41) is 4.10. The molecule has 8 heteroatoms. The van der Waals surface area contributed by atoms with Crippen molar-refractivity contribution in [3.63, 3.8) is 0 Å². The van der Waals surface area contributed by atoms with E-state index >= 15 is 0 Å². The molecule has 1 fully saturated rings. The molecule has 1 aliphatic rings. The Labute approximate surface area is 203 Å². The van der Waals surface area contributed by atoms with Crippen LogP contribution < -0.4 is 9.47 Å². The number of methoxy groups -OCH3 is 1. The van der Waals surface area contributed by atoms with E-state index in [1.54, 1.807) is 13.2 Å². The highest BCUT2D eigenvalue weighted by atomic mass is 16.5. The predicted octanol–water partition coefficient (Wildman–Crippen LogP) is 4.50. The van der Waals surface area contributed by atoms with Gasteiger partial charge in [-0.1, -0.05) is 29.4 Å². The Morgan fingerprint density at radius 3 is 2.37 bits per heavy atom. The fourth-order valence-electron chi connectivity index (χ4n) is 3.98. The van der Waals surface area contributed by atoms with Crippen LogP contribution in [0.3, 0.4) is 0 Å². The highest BCUT2D eigenvalue weighted by Crippen LogP contribution is 2.23. The summed E-state index contributed by atoms with van der Waals surface area (Å²) in [5.74, 6) is 3.27. The molecule has 8 nitrogen and oxygen atoms in total. The van der Waals surface area contributed by atoms with Gasteiger partial charge in [0.2, 0.25) is 11.7 Å². The molecule has 0 saturated carbocycles. The molecule has 0 N–H and O–H groups in total. The van der Waals surface area contributed by atoms with Gasteiger partial charge in [0.1, 0.15) is 17.2 Å². The van der Waals surface area contributed by atoms with Gasteiger partial charge in [0, 0.05) is 37.3 Å². The monoisotopic (exact) mass is 470 g/mol. The van der Waals surface area contributed by atoms with Gasteiger partial charge in [-0.3, -0.25) is 9.69 Å². The quantitative estimate of drug-likeness (QED) is 0.393. The van der Waals surface area contributed by atoms with Crippen LogP contribution in [0, 0.1) is 0 Å². The zero-order valence-corrected chi connectivity index (χ0v) is 19.5. The molecule has 1 aliphatic heterocycles. The lowest BCUT2D eigenvalue weighted by molar-refractivity contribution is 0.0615. The molecule has 0 atom stereocenters. The van der Waals surface area contributed by atoms with Crippen LogP contribution in [0.5, 0.6) is 17.2 Å². The van der Waals surface area contributed by atoms with E-state index in [2.05, 4.69) is 15.0 Å². The van der Waals surface area contributed by atoms with Crippen molar-refractivity contribution in [2.24, 2.45) is 0 Å². The number of amides is 1. The average Bonchev–Trinajstić information content (AvgIpc) is 3.38. The van der Waals surface area contributed by atoms with Gasteiger partial charge < -0.3 is 18.9 Å². The van der Waals surface area contributed by atoms with E-state index in [0.29, 0.717) is 42.7 Å². The number of hydrogen-bond acceptors (Lipinski definition) is 7. The Morgan fingerprint density at radius 2 is 1.63 bits per heavy atom. The third kappa shape index (κ3) is 5.50. The molecule has 1 aromatic heterocycles. The Morgan fingerprint density at radius 1 is 0.886 bits per heavy atom. The van der Waals surface area contributed by atoms with E-state index in [4.69, 9.17) is 14.0 Å². The number of piperazine rings is 1. The number of nitrogens with zero attached hydrogens (tertiary/aromatic N) is 4. The molecule has 0 unspecified atom stereocenters. The van der Waals surface area contributed by atoms with Crippen LogP contribution in [-0.2, 0) is 6.54 Å². The van der Waals surface area contributed by atoms with E-state index in [0.717, 1.165) is 30.2 Å². The number of para-hydroxylation sites is 1. The summed E-state index contributed by atoms with van der Waals surface area (Å²) in [6.45, 7) is 3.26. The molecule has 1 saturated heterocycles. The minimum absolute atomic E-state index is 0.00254. The van der Waals surface area contributed by atoms with Crippen molar-refractivity contribution in [2.75, 3.05) is 33.3 Å². The zero-order chi connectivity index (χ0) is 24.0. The Kier molecular flexibility index (Phi) is 6.72. The van der Waals surface area contributed by atoms with Gasteiger partial charge in [0.15, 0.2) is 0 Å². The number of benzene rings is 3. The molecule has 0 bridgehead atoms. The molecule has 4 aromatic rings. The molecule has 3 aromatic carbocycles. The fraction of sp³-hybridized carbons (Fsp3) is 0.222. The van der Waals surface area contributed by atoms with Crippen LogP contribution in [-0.4, -0.2) is 59.1 Å². The summed E-state index contributed by atoms with van der Waals surface area (Å²) in [4.78, 5) is 21.7. The SMILES string of the molecule is COc1ccc(-c2noc(CN3CCN(C(=O)c4cccc(Oc5ccccc5)c4)CC3)n2)cc1. The van der Waals surface area contributed by atoms with Crippen molar-refractivity contribution < 1.29 is 18.8 Å². The molecule has 0 aliphatic carbocycles. The lowest BCUT2D eigenvalue weighted by atomic mass is 10.1. The van der Waals surface area contributed by atoms with Crippen LogP contribution in [0.2, 0.25) is 0 Å². The summed E-state index contributed by atoms with van der Waals surface area (Å²) in [6.07, 6.45) is 0. The first-order valence-corrected chi connectivity index (χ1v) is 11.5. The van der Waals surface area contributed by atoms with Crippen LogP contribution in [0.25, 0.3) is 11.4 Å². The average molecular weight is 471 g/mol. The zero-order valence-electron chi connectivity index (χ0n) is 19.5. The molecule has 35 heavy (non-hydrogen) atoms. The van der Waals surface area contributed by atoms with Crippen molar-refractivity contribution in [1.82, 2.24) is 19.9 Å². The predicted molar refractivity (Wildman–Crippen MR) is 130 cm³/mol. The summed E-state index contributed by atoms with van der Waals surface area (Å²) < 4.78 is 16.5. The maximum atomic E-state index is 13.1. The molecule has 178 valence electrons. The first kappa shape index (κ1) is 22.6.